The number of benzene rings is 3. The Morgan fingerprint density at radius 2 is 1.76 bits per heavy atom. The number of ketones is 1. The third-order valence-electron chi connectivity index (χ3n) is 5.19. The van der Waals surface area contributed by atoms with Crippen LogP contribution in [0, 0.1) is 0 Å². The van der Waals surface area contributed by atoms with Gasteiger partial charge in [0, 0.05) is 27.6 Å². The number of hydrogen-bond acceptors (Lipinski definition) is 4. The van der Waals surface area contributed by atoms with Crippen LogP contribution in [0.15, 0.2) is 65.1 Å². The molecule has 0 saturated heterocycles. The van der Waals surface area contributed by atoms with Crippen molar-refractivity contribution >= 4 is 28.4 Å². The van der Waals surface area contributed by atoms with Gasteiger partial charge in [-0.05, 0) is 66.4 Å². The Labute approximate surface area is 172 Å². The van der Waals surface area contributed by atoms with Gasteiger partial charge in [-0.15, -0.1) is 0 Å². The zero-order chi connectivity index (χ0) is 20.0. The highest BCUT2D eigenvalue weighted by Crippen LogP contribution is 2.40. The molecule has 1 aliphatic rings. The molecule has 144 valence electrons. The fourth-order valence-electron chi connectivity index (χ4n) is 3.75. The van der Waals surface area contributed by atoms with Crippen LogP contribution in [0.3, 0.4) is 0 Å². The summed E-state index contributed by atoms with van der Waals surface area (Å²) in [5.41, 5.74) is 3.72. The summed E-state index contributed by atoms with van der Waals surface area (Å²) >= 11 is 5.97. The Balaban J connectivity index is 1.75. The van der Waals surface area contributed by atoms with Crippen LogP contribution in [0.2, 0.25) is 5.02 Å². The van der Waals surface area contributed by atoms with Crippen LogP contribution >= 0.6 is 11.6 Å². The first kappa shape index (κ1) is 17.8. The first-order valence-corrected chi connectivity index (χ1v) is 9.80. The lowest BCUT2D eigenvalue weighted by Crippen LogP contribution is -2.07. The highest BCUT2D eigenvalue weighted by Gasteiger charge is 2.25. The number of phenols is 1. The Morgan fingerprint density at radius 1 is 1.00 bits per heavy atom. The molecule has 1 N–H and O–H groups in total. The fourth-order valence-corrected chi connectivity index (χ4v) is 3.88. The molecule has 0 amide bonds. The minimum absolute atomic E-state index is 0.165. The van der Waals surface area contributed by atoms with E-state index in [1.165, 1.54) is 0 Å². The smallest absolute Gasteiger partial charge is 0.228 e. The quantitative estimate of drug-likeness (QED) is 0.424. The molecule has 2 heterocycles. The summed E-state index contributed by atoms with van der Waals surface area (Å²) in [6.07, 6.45) is 1.88. The van der Waals surface area contributed by atoms with Gasteiger partial charge in [-0.3, -0.25) is 4.79 Å². The summed E-state index contributed by atoms with van der Waals surface area (Å²) in [6.45, 7) is 0.681. The van der Waals surface area contributed by atoms with Crippen molar-refractivity contribution in [1.82, 2.24) is 0 Å². The van der Waals surface area contributed by atoms with E-state index in [4.69, 9.17) is 20.8 Å². The summed E-state index contributed by atoms with van der Waals surface area (Å²) in [4.78, 5) is 13.3. The van der Waals surface area contributed by atoms with Crippen molar-refractivity contribution in [3.63, 3.8) is 0 Å². The van der Waals surface area contributed by atoms with E-state index in [-0.39, 0.29) is 17.3 Å². The number of halogens is 1. The van der Waals surface area contributed by atoms with Crippen LogP contribution in [0.4, 0.5) is 0 Å². The molecule has 5 heteroatoms. The molecule has 3 aromatic carbocycles. The Hall–Kier alpha value is -3.24. The first-order valence-electron chi connectivity index (χ1n) is 9.42. The highest BCUT2D eigenvalue weighted by atomic mass is 35.5. The summed E-state index contributed by atoms with van der Waals surface area (Å²) < 4.78 is 11.8. The van der Waals surface area contributed by atoms with Crippen LogP contribution in [0.5, 0.6) is 11.5 Å². The Bertz CT molecular complexity index is 1220. The van der Waals surface area contributed by atoms with E-state index in [1.54, 1.807) is 48.5 Å². The molecule has 1 aromatic heterocycles. The minimum atomic E-state index is -0.222. The zero-order valence-corrected chi connectivity index (χ0v) is 16.2. The van der Waals surface area contributed by atoms with Crippen LogP contribution in [0.1, 0.15) is 28.1 Å². The fraction of sp³-hybridized carbons (Fsp3) is 0.125. The van der Waals surface area contributed by atoms with Gasteiger partial charge >= 0.3 is 0 Å². The highest BCUT2D eigenvalue weighted by molar-refractivity contribution is 6.30. The van der Waals surface area contributed by atoms with Crippen molar-refractivity contribution in [2.45, 2.75) is 12.8 Å². The number of phenolic OH excluding ortho intramolecular Hbond substituents is 1. The average molecular weight is 405 g/mol. The van der Waals surface area contributed by atoms with E-state index < -0.39 is 0 Å². The SMILES string of the molecule is O=C(c1ccc(Cl)cc1)c1oc2cc3c(cc2c1-c1ccc(O)cc1)CCCO3. The lowest BCUT2D eigenvalue weighted by Gasteiger charge is -2.16. The maximum Gasteiger partial charge on any atom is 0.228 e. The monoisotopic (exact) mass is 404 g/mol. The molecule has 29 heavy (non-hydrogen) atoms. The van der Waals surface area contributed by atoms with Crippen LogP contribution in [0.25, 0.3) is 22.1 Å². The third-order valence-corrected chi connectivity index (χ3v) is 5.44. The Morgan fingerprint density at radius 3 is 2.52 bits per heavy atom. The molecule has 0 unspecified atom stereocenters. The van der Waals surface area contributed by atoms with Crippen molar-refractivity contribution in [2.75, 3.05) is 6.61 Å². The topological polar surface area (TPSA) is 59.7 Å². The second kappa shape index (κ2) is 6.98. The van der Waals surface area contributed by atoms with Crippen molar-refractivity contribution in [2.24, 2.45) is 0 Å². The number of aromatic hydroxyl groups is 1. The predicted octanol–water partition coefficient (Wildman–Crippen LogP) is 6.01. The molecule has 0 spiro atoms. The van der Waals surface area contributed by atoms with Crippen molar-refractivity contribution in [3.05, 3.63) is 82.6 Å². The summed E-state index contributed by atoms with van der Waals surface area (Å²) in [7, 11) is 0. The number of furan rings is 1. The Kier molecular flexibility index (Phi) is 4.29. The third kappa shape index (κ3) is 3.15. The van der Waals surface area contributed by atoms with Crippen LogP contribution < -0.4 is 4.74 Å². The van der Waals surface area contributed by atoms with E-state index in [0.717, 1.165) is 35.1 Å². The van der Waals surface area contributed by atoms with Gasteiger partial charge in [-0.1, -0.05) is 23.7 Å². The maximum absolute atomic E-state index is 13.3. The number of ether oxygens (including phenoxy) is 1. The van der Waals surface area contributed by atoms with Gasteiger partial charge in [0.1, 0.15) is 17.1 Å². The van der Waals surface area contributed by atoms with E-state index in [1.807, 2.05) is 12.1 Å². The molecule has 1 aliphatic heterocycles. The molecular formula is C24H17ClO4. The number of fused-ring (bicyclic) bond motifs is 2. The van der Waals surface area contributed by atoms with Gasteiger partial charge in [0.05, 0.1) is 6.61 Å². The minimum Gasteiger partial charge on any atom is -0.508 e. The van der Waals surface area contributed by atoms with Crippen molar-refractivity contribution in [3.8, 4) is 22.6 Å². The summed E-state index contributed by atoms with van der Waals surface area (Å²) in [5.74, 6) is 1.01. The lowest BCUT2D eigenvalue weighted by atomic mass is 9.95. The van der Waals surface area contributed by atoms with Crippen molar-refractivity contribution in [1.29, 1.82) is 0 Å². The van der Waals surface area contributed by atoms with Crippen LogP contribution in [-0.4, -0.2) is 17.5 Å². The molecule has 0 atom stereocenters. The molecular weight excluding hydrogens is 388 g/mol. The van der Waals surface area contributed by atoms with E-state index in [2.05, 4.69) is 0 Å². The largest absolute Gasteiger partial charge is 0.508 e. The molecule has 5 rings (SSSR count). The number of hydrogen-bond donors (Lipinski definition) is 1. The number of rotatable bonds is 3. The van der Waals surface area contributed by atoms with E-state index in [9.17, 15) is 9.90 Å². The van der Waals surface area contributed by atoms with Gasteiger partial charge < -0.3 is 14.3 Å². The molecule has 4 nitrogen and oxygen atoms in total. The molecule has 0 bridgehead atoms. The predicted molar refractivity (Wildman–Crippen MR) is 112 cm³/mol. The van der Waals surface area contributed by atoms with E-state index >= 15 is 0 Å². The molecule has 0 fully saturated rings. The van der Waals surface area contributed by atoms with Gasteiger partial charge in [0.15, 0.2) is 5.76 Å². The summed E-state index contributed by atoms with van der Waals surface area (Å²) in [5, 5.41) is 11.1. The lowest BCUT2D eigenvalue weighted by molar-refractivity contribution is 0.101. The molecule has 0 aliphatic carbocycles. The zero-order valence-electron chi connectivity index (χ0n) is 15.4. The standard InChI is InChI=1S/C24H17ClO4/c25-17-7-3-15(4-8-17)23(27)24-22(14-5-9-18(26)10-6-14)19-12-16-2-1-11-28-20(16)13-21(19)29-24/h3-10,12-13,26H,1-2,11H2. The molecule has 0 radical (unpaired) electrons. The number of carbonyl (C=O) groups excluding carboxylic acids is 1. The van der Waals surface area contributed by atoms with Gasteiger partial charge in [-0.2, -0.15) is 0 Å². The second-order valence-corrected chi connectivity index (χ2v) is 7.53. The van der Waals surface area contributed by atoms with Gasteiger partial charge in [0.2, 0.25) is 5.78 Å². The summed E-state index contributed by atoms with van der Waals surface area (Å²) in [6, 6.07) is 17.4. The average Bonchev–Trinajstić information content (AvgIpc) is 3.11. The van der Waals surface area contributed by atoms with Crippen molar-refractivity contribution < 1.29 is 19.1 Å². The number of aryl methyl sites for hydroxylation is 1. The van der Waals surface area contributed by atoms with Gasteiger partial charge in [-0.25, -0.2) is 0 Å². The number of carbonyl (C=O) groups is 1. The normalized spacial score (nSPS) is 13.1. The molecule has 0 saturated carbocycles. The van der Waals surface area contributed by atoms with Crippen LogP contribution in [-0.2, 0) is 6.42 Å². The second-order valence-electron chi connectivity index (χ2n) is 7.10. The van der Waals surface area contributed by atoms with E-state index in [0.29, 0.717) is 28.3 Å². The first-order chi connectivity index (χ1) is 14.1. The molecule has 4 aromatic rings. The maximum atomic E-state index is 13.3. The van der Waals surface area contributed by atoms with Gasteiger partial charge in [0.25, 0.3) is 0 Å².